The van der Waals surface area contributed by atoms with Crippen LogP contribution in [0.1, 0.15) is 30.7 Å². The Bertz CT molecular complexity index is 1130. The van der Waals surface area contributed by atoms with E-state index in [4.69, 9.17) is 9.26 Å². The van der Waals surface area contributed by atoms with Crippen molar-refractivity contribution < 1.29 is 24.0 Å². The van der Waals surface area contributed by atoms with E-state index < -0.39 is 12.1 Å². The first-order valence-corrected chi connectivity index (χ1v) is 11.6. The molecule has 2 aromatic carbocycles. The van der Waals surface area contributed by atoms with Gasteiger partial charge in [-0.15, -0.1) is 0 Å². The van der Waals surface area contributed by atoms with Crippen molar-refractivity contribution in [2.75, 3.05) is 17.2 Å². The minimum absolute atomic E-state index is 0.162. The summed E-state index contributed by atoms with van der Waals surface area (Å²) in [5, 5.41) is 22.1. The SMILES string of the molecule is Cc1noc(C)c1NC(=O)N[C@H]1CC[C@@H](CC(=O)Nc2ccc(-c3ccccc3)cc2)O[C@@H]1CO. The van der Waals surface area contributed by atoms with Gasteiger partial charge in [-0.3, -0.25) is 4.79 Å². The zero-order chi connectivity index (χ0) is 24.8. The van der Waals surface area contributed by atoms with Crippen LogP contribution in [0.2, 0.25) is 0 Å². The van der Waals surface area contributed by atoms with Crippen molar-refractivity contribution >= 4 is 23.3 Å². The lowest BCUT2D eigenvalue weighted by atomic mass is 9.97. The van der Waals surface area contributed by atoms with E-state index in [1.165, 1.54) is 0 Å². The average Bonchev–Trinajstić information content (AvgIpc) is 3.18. The summed E-state index contributed by atoms with van der Waals surface area (Å²) < 4.78 is 11.0. The van der Waals surface area contributed by atoms with Crippen molar-refractivity contribution in [3.05, 3.63) is 66.1 Å². The minimum atomic E-state index is -0.609. The minimum Gasteiger partial charge on any atom is -0.394 e. The third-order valence-corrected chi connectivity index (χ3v) is 6.07. The second-order valence-corrected chi connectivity index (χ2v) is 8.66. The Morgan fingerprint density at radius 2 is 1.71 bits per heavy atom. The second-order valence-electron chi connectivity index (χ2n) is 8.66. The van der Waals surface area contributed by atoms with Crippen molar-refractivity contribution in [1.29, 1.82) is 0 Å². The lowest BCUT2D eigenvalue weighted by molar-refractivity contribution is -0.126. The zero-order valence-corrected chi connectivity index (χ0v) is 19.8. The standard InChI is InChI=1S/C26H30N4O5/c1-16-25(17(2)35-30-16)29-26(33)28-22-13-12-21(34-23(22)15-31)14-24(32)27-20-10-8-19(9-11-20)18-6-4-3-5-7-18/h3-11,21-23,31H,12-15H2,1-2H3,(H,27,32)(H2,28,29,33)/t21-,22-,23+/m0/s1. The van der Waals surface area contributed by atoms with E-state index >= 15 is 0 Å². The molecule has 0 unspecified atom stereocenters. The van der Waals surface area contributed by atoms with E-state index in [9.17, 15) is 14.7 Å². The van der Waals surface area contributed by atoms with E-state index in [-0.39, 0.29) is 31.1 Å². The van der Waals surface area contributed by atoms with Crippen molar-refractivity contribution in [2.45, 2.75) is 51.4 Å². The monoisotopic (exact) mass is 478 g/mol. The van der Waals surface area contributed by atoms with Crippen LogP contribution in [-0.4, -0.2) is 47.1 Å². The van der Waals surface area contributed by atoms with Crippen LogP contribution in [-0.2, 0) is 9.53 Å². The molecule has 2 heterocycles. The number of nitrogens with one attached hydrogen (secondary N) is 3. The van der Waals surface area contributed by atoms with Crippen LogP contribution in [0.3, 0.4) is 0 Å². The van der Waals surface area contributed by atoms with Gasteiger partial charge >= 0.3 is 6.03 Å². The predicted molar refractivity (Wildman–Crippen MR) is 132 cm³/mol. The molecular formula is C26H30N4O5. The Kier molecular flexibility index (Phi) is 7.79. The normalized spacial score (nSPS) is 19.7. The summed E-state index contributed by atoms with van der Waals surface area (Å²) >= 11 is 0. The van der Waals surface area contributed by atoms with Gasteiger partial charge < -0.3 is 30.3 Å². The second kappa shape index (κ2) is 11.2. The van der Waals surface area contributed by atoms with Crippen LogP contribution in [0.15, 0.2) is 59.1 Å². The van der Waals surface area contributed by atoms with Gasteiger partial charge in [0.2, 0.25) is 5.91 Å². The lowest BCUT2D eigenvalue weighted by Gasteiger charge is -2.35. The molecule has 184 valence electrons. The summed E-state index contributed by atoms with van der Waals surface area (Å²) in [6.07, 6.45) is 0.355. The summed E-state index contributed by atoms with van der Waals surface area (Å²) in [6, 6.07) is 16.9. The number of hydrogen-bond donors (Lipinski definition) is 4. The molecule has 0 radical (unpaired) electrons. The number of aliphatic hydroxyl groups excluding tert-OH is 1. The number of anilines is 2. The highest BCUT2D eigenvalue weighted by Gasteiger charge is 2.33. The molecular weight excluding hydrogens is 448 g/mol. The Balaban J connectivity index is 1.26. The van der Waals surface area contributed by atoms with Gasteiger partial charge in [-0.25, -0.2) is 4.79 Å². The fourth-order valence-electron chi connectivity index (χ4n) is 4.22. The number of benzene rings is 2. The Labute approximate surface area is 203 Å². The number of nitrogens with zero attached hydrogens (tertiary/aromatic N) is 1. The van der Waals surface area contributed by atoms with Gasteiger partial charge in [-0.2, -0.15) is 0 Å². The molecule has 1 saturated heterocycles. The molecule has 1 aliphatic rings. The molecule has 3 atom stereocenters. The molecule has 3 aromatic rings. The third kappa shape index (κ3) is 6.26. The van der Waals surface area contributed by atoms with Gasteiger partial charge in [-0.05, 0) is 49.9 Å². The molecule has 35 heavy (non-hydrogen) atoms. The number of hydrogen-bond acceptors (Lipinski definition) is 6. The average molecular weight is 479 g/mol. The number of rotatable bonds is 7. The number of carbonyl (C=O) groups excluding carboxylic acids is 2. The largest absolute Gasteiger partial charge is 0.394 e. The van der Waals surface area contributed by atoms with E-state index in [1.54, 1.807) is 13.8 Å². The Morgan fingerprint density at radius 1 is 1.00 bits per heavy atom. The fraction of sp³-hybridized carbons (Fsp3) is 0.346. The molecule has 1 aliphatic heterocycles. The topological polar surface area (TPSA) is 126 Å². The first-order valence-electron chi connectivity index (χ1n) is 11.6. The number of urea groups is 1. The molecule has 1 aromatic heterocycles. The Hall–Kier alpha value is -3.69. The molecule has 3 amide bonds. The fourth-order valence-corrected chi connectivity index (χ4v) is 4.22. The van der Waals surface area contributed by atoms with Crippen LogP contribution in [0.25, 0.3) is 11.1 Å². The molecule has 1 fully saturated rings. The molecule has 4 N–H and O–H groups in total. The quantitative estimate of drug-likeness (QED) is 0.406. The molecule has 0 spiro atoms. The Morgan fingerprint density at radius 3 is 2.37 bits per heavy atom. The predicted octanol–water partition coefficient (Wildman–Crippen LogP) is 4.02. The van der Waals surface area contributed by atoms with Crippen molar-refractivity contribution in [1.82, 2.24) is 10.5 Å². The van der Waals surface area contributed by atoms with Gasteiger partial charge in [0.25, 0.3) is 0 Å². The number of aromatic nitrogens is 1. The maximum Gasteiger partial charge on any atom is 0.319 e. The number of ether oxygens (including phenoxy) is 1. The smallest absolute Gasteiger partial charge is 0.319 e. The summed E-state index contributed by atoms with van der Waals surface area (Å²) in [7, 11) is 0. The molecule has 4 rings (SSSR count). The zero-order valence-electron chi connectivity index (χ0n) is 19.8. The number of amides is 3. The first kappa shape index (κ1) is 24.4. The lowest BCUT2D eigenvalue weighted by Crippen LogP contribution is -2.52. The van der Waals surface area contributed by atoms with Crippen molar-refractivity contribution in [3.63, 3.8) is 0 Å². The summed E-state index contributed by atoms with van der Waals surface area (Å²) in [4.78, 5) is 25.0. The molecule has 0 aliphatic carbocycles. The summed E-state index contributed by atoms with van der Waals surface area (Å²) in [6.45, 7) is 3.18. The van der Waals surface area contributed by atoms with E-state index in [2.05, 4.69) is 21.1 Å². The molecule has 0 bridgehead atoms. The van der Waals surface area contributed by atoms with E-state index in [0.29, 0.717) is 35.7 Å². The van der Waals surface area contributed by atoms with Gasteiger partial charge in [-0.1, -0.05) is 47.6 Å². The number of aliphatic hydroxyl groups is 1. The van der Waals surface area contributed by atoms with Gasteiger partial charge in [0, 0.05) is 5.69 Å². The highest BCUT2D eigenvalue weighted by molar-refractivity contribution is 5.91. The number of aryl methyl sites for hydroxylation is 2. The summed E-state index contributed by atoms with van der Waals surface area (Å²) in [5.74, 6) is 0.346. The van der Waals surface area contributed by atoms with Crippen LogP contribution >= 0.6 is 0 Å². The highest BCUT2D eigenvalue weighted by Crippen LogP contribution is 2.25. The number of carbonyl (C=O) groups is 2. The first-order chi connectivity index (χ1) is 16.9. The molecule has 0 saturated carbocycles. The van der Waals surface area contributed by atoms with E-state index in [0.717, 1.165) is 11.1 Å². The van der Waals surface area contributed by atoms with Gasteiger partial charge in [0.05, 0.1) is 25.2 Å². The van der Waals surface area contributed by atoms with Crippen molar-refractivity contribution in [2.24, 2.45) is 0 Å². The van der Waals surface area contributed by atoms with Crippen LogP contribution in [0, 0.1) is 13.8 Å². The highest BCUT2D eigenvalue weighted by atomic mass is 16.5. The molecule has 9 nitrogen and oxygen atoms in total. The maximum absolute atomic E-state index is 12.6. The van der Waals surface area contributed by atoms with Crippen LogP contribution in [0.5, 0.6) is 0 Å². The summed E-state index contributed by atoms with van der Waals surface area (Å²) in [5.41, 5.74) is 3.99. The van der Waals surface area contributed by atoms with E-state index in [1.807, 2.05) is 54.6 Å². The van der Waals surface area contributed by atoms with Gasteiger partial charge in [0.15, 0.2) is 5.76 Å². The maximum atomic E-state index is 12.6. The molecule has 9 heteroatoms. The van der Waals surface area contributed by atoms with Crippen LogP contribution in [0.4, 0.5) is 16.2 Å². The van der Waals surface area contributed by atoms with Crippen LogP contribution < -0.4 is 16.0 Å². The van der Waals surface area contributed by atoms with Gasteiger partial charge in [0.1, 0.15) is 17.5 Å². The van der Waals surface area contributed by atoms with Crippen molar-refractivity contribution in [3.8, 4) is 11.1 Å². The third-order valence-electron chi connectivity index (χ3n) is 6.07.